The number of halogens is 2. The van der Waals surface area contributed by atoms with E-state index < -0.39 is 0 Å². The molecule has 0 amide bonds. The molecule has 0 saturated heterocycles. The molecule has 0 atom stereocenters. The van der Waals surface area contributed by atoms with Crippen LogP contribution < -0.4 is 0 Å². The maximum Gasteiger partial charge on any atom is 0.123 e. The first-order valence-corrected chi connectivity index (χ1v) is 11.5. The minimum absolute atomic E-state index is 0.218. The quantitative estimate of drug-likeness (QED) is 0.402. The highest BCUT2D eigenvalue weighted by molar-refractivity contribution is 6.31. The second kappa shape index (κ2) is 8.96. The maximum atomic E-state index is 13.8. The van der Waals surface area contributed by atoms with Crippen molar-refractivity contribution in [2.75, 3.05) is 0 Å². The second-order valence-corrected chi connectivity index (χ2v) is 9.40. The van der Waals surface area contributed by atoms with Gasteiger partial charge in [0.25, 0.3) is 0 Å². The molecule has 0 N–H and O–H groups in total. The van der Waals surface area contributed by atoms with Gasteiger partial charge in [0.05, 0.1) is 11.4 Å². The van der Waals surface area contributed by atoms with Crippen molar-refractivity contribution < 1.29 is 4.39 Å². The Morgan fingerprint density at radius 2 is 1.68 bits per heavy atom. The highest BCUT2D eigenvalue weighted by Crippen LogP contribution is 2.43. The van der Waals surface area contributed by atoms with Crippen molar-refractivity contribution in [3.63, 3.8) is 0 Å². The number of allylic oxidation sites excluding steroid dienone is 1. The van der Waals surface area contributed by atoms with E-state index in [-0.39, 0.29) is 11.7 Å². The molecule has 3 heteroatoms. The van der Waals surface area contributed by atoms with E-state index in [2.05, 4.69) is 45.9 Å². The van der Waals surface area contributed by atoms with Gasteiger partial charge < -0.3 is 0 Å². The molecule has 0 unspecified atom stereocenters. The molecule has 0 spiro atoms. The van der Waals surface area contributed by atoms with Gasteiger partial charge in [0.1, 0.15) is 5.82 Å². The first kappa shape index (κ1) is 21.8. The molecule has 0 fully saturated rings. The molecular weight excluding hydrogens is 405 g/mol. The summed E-state index contributed by atoms with van der Waals surface area (Å²) in [6.07, 6.45) is 7.30. The Morgan fingerprint density at radius 1 is 0.968 bits per heavy atom. The summed E-state index contributed by atoms with van der Waals surface area (Å²) in [4.78, 5) is 5.25. The van der Waals surface area contributed by atoms with E-state index in [9.17, 15) is 4.39 Å². The van der Waals surface area contributed by atoms with Crippen molar-refractivity contribution in [3.05, 3.63) is 81.8 Å². The van der Waals surface area contributed by atoms with E-state index in [4.69, 9.17) is 16.6 Å². The third-order valence-corrected chi connectivity index (χ3v) is 6.27. The summed E-state index contributed by atoms with van der Waals surface area (Å²) in [5.74, 6) is 0.464. The summed E-state index contributed by atoms with van der Waals surface area (Å²) < 4.78 is 13.8. The molecular formula is C28H29ClFN. The van der Waals surface area contributed by atoms with Gasteiger partial charge >= 0.3 is 0 Å². The van der Waals surface area contributed by atoms with E-state index in [1.165, 1.54) is 16.7 Å². The Kier molecular flexibility index (Phi) is 6.29. The van der Waals surface area contributed by atoms with Crippen molar-refractivity contribution in [1.82, 2.24) is 4.98 Å². The minimum atomic E-state index is -0.218. The van der Waals surface area contributed by atoms with Gasteiger partial charge in [-0.3, -0.25) is 4.98 Å². The van der Waals surface area contributed by atoms with Gasteiger partial charge in [-0.25, -0.2) is 4.39 Å². The maximum absolute atomic E-state index is 13.8. The number of fused-ring (bicyclic) bond motifs is 3. The lowest BCUT2D eigenvalue weighted by Crippen LogP contribution is -2.07. The van der Waals surface area contributed by atoms with Crippen molar-refractivity contribution in [3.8, 4) is 22.4 Å². The van der Waals surface area contributed by atoms with Gasteiger partial charge in [0.2, 0.25) is 0 Å². The smallest absolute Gasteiger partial charge is 0.123 e. The SMILES string of the molecule is CC(C)/C=C/c1c(C(C)C)nc2c(c1-c1ccc(F)cc1)CCCc1c(Cl)cccc1-2. The molecule has 2 aromatic carbocycles. The van der Waals surface area contributed by atoms with Gasteiger partial charge in [-0.2, -0.15) is 0 Å². The van der Waals surface area contributed by atoms with E-state index in [1.807, 2.05) is 24.3 Å². The monoisotopic (exact) mass is 433 g/mol. The average Bonchev–Trinajstić information content (AvgIpc) is 2.92. The molecule has 0 bridgehead atoms. The van der Waals surface area contributed by atoms with E-state index >= 15 is 0 Å². The number of rotatable bonds is 4. The summed E-state index contributed by atoms with van der Waals surface area (Å²) in [6.45, 7) is 8.73. The fourth-order valence-electron chi connectivity index (χ4n) is 4.44. The third kappa shape index (κ3) is 4.32. The van der Waals surface area contributed by atoms with Gasteiger partial charge in [0.15, 0.2) is 0 Å². The zero-order valence-corrected chi connectivity index (χ0v) is 19.4. The van der Waals surface area contributed by atoms with Crippen LogP contribution in [-0.2, 0) is 12.8 Å². The standard InChI is InChI=1S/C28H29ClFN/c1-17(2)11-16-24-26(19-12-14-20(30)15-13-19)23-9-5-7-21-22(8-6-10-25(21)29)28(23)31-27(24)18(3)4/h6,8,10-18H,5,7,9H2,1-4H3/b16-11+. The van der Waals surface area contributed by atoms with Crippen LogP contribution >= 0.6 is 11.6 Å². The minimum Gasteiger partial charge on any atom is -0.252 e. The molecule has 1 aliphatic carbocycles. The molecule has 4 rings (SSSR count). The summed E-state index contributed by atoms with van der Waals surface area (Å²) in [6, 6.07) is 13.0. The van der Waals surface area contributed by atoms with Crippen LogP contribution in [0.15, 0.2) is 48.5 Å². The zero-order valence-electron chi connectivity index (χ0n) is 18.7. The van der Waals surface area contributed by atoms with Crippen LogP contribution in [0.25, 0.3) is 28.5 Å². The fourth-order valence-corrected chi connectivity index (χ4v) is 4.71. The predicted molar refractivity (Wildman–Crippen MR) is 130 cm³/mol. The number of hydrogen-bond acceptors (Lipinski definition) is 1. The third-order valence-electron chi connectivity index (χ3n) is 5.92. The molecule has 1 heterocycles. The summed E-state index contributed by atoms with van der Waals surface area (Å²) in [7, 11) is 0. The van der Waals surface area contributed by atoms with E-state index in [0.29, 0.717) is 5.92 Å². The molecule has 31 heavy (non-hydrogen) atoms. The van der Waals surface area contributed by atoms with Crippen LogP contribution in [0.4, 0.5) is 4.39 Å². The zero-order chi connectivity index (χ0) is 22.1. The van der Waals surface area contributed by atoms with E-state index in [0.717, 1.165) is 52.4 Å². The van der Waals surface area contributed by atoms with Crippen molar-refractivity contribution in [2.24, 2.45) is 5.92 Å². The second-order valence-electron chi connectivity index (χ2n) is 9.00. The van der Waals surface area contributed by atoms with Crippen molar-refractivity contribution >= 4 is 17.7 Å². The number of aromatic nitrogens is 1. The normalized spacial score (nSPS) is 13.5. The first-order valence-electron chi connectivity index (χ1n) is 11.2. The molecule has 1 nitrogen and oxygen atoms in total. The number of nitrogens with zero attached hydrogens (tertiary/aromatic N) is 1. The summed E-state index contributed by atoms with van der Waals surface area (Å²) >= 11 is 6.59. The summed E-state index contributed by atoms with van der Waals surface area (Å²) in [5, 5.41) is 0.811. The lowest BCUT2D eigenvalue weighted by atomic mass is 9.86. The van der Waals surface area contributed by atoms with Crippen LogP contribution in [0.5, 0.6) is 0 Å². The lowest BCUT2D eigenvalue weighted by Gasteiger charge is -2.22. The number of pyridine rings is 1. The lowest BCUT2D eigenvalue weighted by molar-refractivity contribution is 0.628. The van der Waals surface area contributed by atoms with Gasteiger partial charge in [0, 0.05) is 16.1 Å². The van der Waals surface area contributed by atoms with Crippen LogP contribution in [-0.4, -0.2) is 4.98 Å². The molecule has 1 aliphatic rings. The van der Waals surface area contributed by atoms with Crippen LogP contribution in [0.2, 0.25) is 5.02 Å². The Morgan fingerprint density at radius 3 is 2.35 bits per heavy atom. The molecule has 160 valence electrons. The topological polar surface area (TPSA) is 12.9 Å². The van der Waals surface area contributed by atoms with Crippen LogP contribution in [0, 0.1) is 11.7 Å². The Labute approximate surface area is 190 Å². The largest absolute Gasteiger partial charge is 0.252 e. The summed E-state index contributed by atoms with van der Waals surface area (Å²) in [5.41, 5.74) is 9.02. The van der Waals surface area contributed by atoms with Gasteiger partial charge in [-0.15, -0.1) is 0 Å². The predicted octanol–water partition coefficient (Wildman–Crippen LogP) is 8.49. The Balaban J connectivity index is 2.11. The van der Waals surface area contributed by atoms with Crippen molar-refractivity contribution in [1.29, 1.82) is 0 Å². The Hall–Kier alpha value is -2.45. The molecule has 0 aliphatic heterocycles. The first-order chi connectivity index (χ1) is 14.9. The van der Waals surface area contributed by atoms with Crippen LogP contribution in [0.3, 0.4) is 0 Å². The van der Waals surface area contributed by atoms with Crippen molar-refractivity contribution in [2.45, 2.75) is 52.9 Å². The number of hydrogen-bond donors (Lipinski definition) is 0. The number of benzene rings is 2. The molecule has 0 radical (unpaired) electrons. The molecule has 1 aromatic heterocycles. The Bertz CT molecular complexity index is 1130. The highest BCUT2D eigenvalue weighted by Gasteiger charge is 2.25. The van der Waals surface area contributed by atoms with E-state index in [1.54, 1.807) is 12.1 Å². The average molecular weight is 434 g/mol. The van der Waals surface area contributed by atoms with Crippen LogP contribution in [0.1, 0.15) is 62.4 Å². The highest BCUT2D eigenvalue weighted by atomic mass is 35.5. The fraction of sp³-hybridized carbons (Fsp3) is 0.321. The molecule has 0 saturated carbocycles. The molecule has 3 aromatic rings. The van der Waals surface area contributed by atoms with Gasteiger partial charge in [-0.05, 0) is 71.6 Å². The van der Waals surface area contributed by atoms with Gasteiger partial charge in [-0.1, -0.05) is 75.7 Å².